The first kappa shape index (κ1) is 14.6. The van der Waals surface area contributed by atoms with E-state index in [4.69, 9.17) is 28.4 Å². The third kappa shape index (κ3) is 2.86. The molecule has 1 aromatic heterocycles. The molecule has 20 heavy (non-hydrogen) atoms. The normalized spacial score (nSPS) is 12.2. The molecule has 0 spiro atoms. The molecule has 0 amide bonds. The van der Waals surface area contributed by atoms with Crippen LogP contribution in [0.25, 0.3) is 5.69 Å². The number of alkyl halides is 3. The van der Waals surface area contributed by atoms with Crippen molar-refractivity contribution in [2.75, 3.05) is 0 Å². The van der Waals surface area contributed by atoms with Crippen molar-refractivity contribution in [2.24, 2.45) is 5.16 Å². The molecule has 2 aromatic rings. The summed E-state index contributed by atoms with van der Waals surface area (Å²) in [5, 5.41) is 18.2. The molecule has 0 bridgehead atoms. The van der Waals surface area contributed by atoms with Crippen LogP contribution in [0.2, 0.25) is 10.0 Å². The summed E-state index contributed by atoms with van der Waals surface area (Å²) in [5.74, 6) is 0. The van der Waals surface area contributed by atoms with Gasteiger partial charge in [0.25, 0.3) is 0 Å². The van der Waals surface area contributed by atoms with E-state index in [0.29, 0.717) is 0 Å². The highest BCUT2D eigenvalue weighted by Gasteiger charge is 2.32. The monoisotopic (exact) mass is 324 g/mol. The molecule has 0 aliphatic rings. The van der Waals surface area contributed by atoms with Crippen molar-refractivity contribution in [1.29, 1.82) is 0 Å². The van der Waals surface area contributed by atoms with E-state index >= 15 is 0 Å². The van der Waals surface area contributed by atoms with Gasteiger partial charge in [0.05, 0.1) is 28.0 Å². The maximum Gasteiger partial charge on any atom is 0.416 e. The molecule has 0 atom stereocenters. The summed E-state index contributed by atoms with van der Waals surface area (Å²) in [4.78, 5) is 0.946. The lowest BCUT2D eigenvalue weighted by atomic mass is 10.2. The quantitative estimate of drug-likeness (QED) is 0.523. The zero-order chi connectivity index (χ0) is 14.9. The molecule has 0 unspecified atom stereocenters. The SMILES string of the molecule is ON=Cc1cnn(-c2c(Cl)cc(C(F)(F)F)cc2Cl)n1. The Bertz CT molecular complexity index is 646. The van der Waals surface area contributed by atoms with Crippen molar-refractivity contribution >= 4 is 29.4 Å². The molecule has 0 saturated carbocycles. The number of hydrogen-bond acceptors (Lipinski definition) is 4. The average Bonchev–Trinajstić information content (AvgIpc) is 2.76. The number of hydrogen-bond donors (Lipinski definition) is 1. The van der Waals surface area contributed by atoms with E-state index in [-0.39, 0.29) is 21.4 Å². The van der Waals surface area contributed by atoms with Crippen LogP contribution < -0.4 is 0 Å². The first-order valence-corrected chi connectivity index (χ1v) is 5.75. The first-order valence-electron chi connectivity index (χ1n) is 4.99. The number of aromatic nitrogens is 3. The van der Waals surface area contributed by atoms with Crippen LogP contribution in [-0.4, -0.2) is 26.4 Å². The second-order valence-corrected chi connectivity index (χ2v) is 4.40. The zero-order valence-corrected chi connectivity index (χ0v) is 10.9. The Morgan fingerprint density at radius 3 is 2.35 bits per heavy atom. The average molecular weight is 325 g/mol. The van der Waals surface area contributed by atoms with Gasteiger partial charge in [-0.05, 0) is 12.1 Å². The second kappa shape index (κ2) is 5.29. The lowest BCUT2D eigenvalue weighted by Gasteiger charge is -2.11. The van der Waals surface area contributed by atoms with Crippen LogP contribution in [0.5, 0.6) is 0 Å². The van der Waals surface area contributed by atoms with Gasteiger partial charge in [0, 0.05) is 0 Å². The van der Waals surface area contributed by atoms with Crippen LogP contribution in [-0.2, 0) is 6.18 Å². The van der Waals surface area contributed by atoms with E-state index in [9.17, 15) is 13.2 Å². The standard InChI is InChI=1S/C10H5Cl2F3N4O/c11-7-1-5(10(13,14)15)2-8(12)9(7)19-16-3-6(18-19)4-17-20/h1-4,20H. The van der Waals surface area contributed by atoms with Gasteiger partial charge in [-0.3, -0.25) is 0 Å². The topological polar surface area (TPSA) is 63.3 Å². The van der Waals surface area contributed by atoms with E-state index in [0.717, 1.165) is 23.1 Å². The van der Waals surface area contributed by atoms with Crippen LogP contribution in [0.3, 0.4) is 0 Å². The third-order valence-electron chi connectivity index (χ3n) is 2.24. The molecular formula is C10H5Cl2F3N4O. The third-order valence-corrected chi connectivity index (χ3v) is 2.82. The Morgan fingerprint density at radius 2 is 1.85 bits per heavy atom. The smallest absolute Gasteiger partial charge is 0.411 e. The molecule has 0 saturated heterocycles. The molecule has 0 fully saturated rings. The summed E-state index contributed by atoms with van der Waals surface area (Å²) in [6.07, 6.45) is -2.34. The molecular weight excluding hydrogens is 320 g/mol. The van der Waals surface area contributed by atoms with Gasteiger partial charge in [-0.25, -0.2) is 0 Å². The van der Waals surface area contributed by atoms with Gasteiger partial charge < -0.3 is 5.21 Å². The first-order chi connectivity index (χ1) is 9.32. The molecule has 1 aromatic carbocycles. The minimum Gasteiger partial charge on any atom is -0.411 e. The summed E-state index contributed by atoms with van der Waals surface area (Å²) in [6, 6.07) is 1.46. The van der Waals surface area contributed by atoms with Crippen molar-refractivity contribution < 1.29 is 18.4 Å². The lowest BCUT2D eigenvalue weighted by molar-refractivity contribution is -0.137. The fourth-order valence-corrected chi connectivity index (χ4v) is 2.06. The van der Waals surface area contributed by atoms with Crippen LogP contribution >= 0.6 is 23.2 Å². The number of benzene rings is 1. The van der Waals surface area contributed by atoms with Crippen LogP contribution in [0.15, 0.2) is 23.5 Å². The highest BCUT2D eigenvalue weighted by molar-refractivity contribution is 6.37. The van der Waals surface area contributed by atoms with Crippen molar-refractivity contribution in [3.63, 3.8) is 0 Å². The van der Waals surface area contributed by atoms with Crippen molar-refractivity contribution in [2.45, 2.75) is 6.18 Å². The van der Waals surface area contributed by atoms with Gasteiger partial charge in [0.2, 0.25) is 0 Å². The van der Waals surface area contributed by atoms with Gasteiger partial charge in [0.15, 0.2) is 0 Å². The predicted molar refractivity (Wildman–Crippen MR) is 65.8 cm³/mol. The summed E-state index contributed by atoms with van der Waals surface area (Å²) in [5.41, 5.74) is -0.793. The van der Waals surface area contributed by atoms with Crippen molar-refractivity contribution in [1.82, 2.24) is 15.0 Å². The molecule has 1 heterocycles. The minimum atomic E-state index is -4.56. The maximum absolute atomic E-state index is 12.6. The summed E-state index contributed by atoms with van der Waals surface area (Å²) < 4.78 is 37.8. The number of nitrogens with zero attached hydrogens (tertiary/aromatic N) is 4. The lowest BCUT2D eigenvalue weighted by Crippen LogP contribution is -2.08. The molecule has 106 valence electrons. The van der Waals surface area contributed by atoms with Gasteiger partial charge >= 0.3 is 6.18 Å². The van der Waals surface area contributed by atoms with Gasteiger partial charge in [-0.15, -0.1) is 9.90 Å². The highest BCUT2D eigenvalue weighted by atomic mass is 35.5. The molecule has 5 nitrogen and oxygen atoms in total. The van der Waals surface area contributed by atoms with Gasteiger partial charge in [-0.1, -0.05) is 28.4 Å². The van der Waals surface area contributed by atoms with Crippen LogP contribution in [0, 0.1) is 0 Å². The Hall–Kier alpha value is -1.80. The molecule has 0 radical (unpaired) electrons. The van der Waals surface area contributed by atoms with E-state index < -0.39 is 11.7 Å². The van der Waals surface area contributed by atoms with E-state index in [1.54, 1.807) is 0 Å². The fraction of sp³-hybridized carbons (Fsp3) is 0.100. The van der Waals surface area contributed by atoms with E-state index in [1.807, 2.05) is 0 Å². The number of halogens is 5. The van der Waals surface area contributed by atoms with E-state index in [1.165, 1.54) is 6.20 Å². The zero-order valence-electron chi connectivity index (χ0n) is 9.44. The van der Waals surface area contributed by atoms with Crippen LogP contribution in [0.1, 0.15) is 11.3 Å². The van der Waals surface area contributed by atoms with E-state index in [2.05, 4.69) is 15.4 Å². The van der Waals surface area contributed by atoms with Crippen molar-refractivity contribution in [3.8, 4) is 5.69 Å². The minimum absolute atomic E-state index is 0.000997. The van der Waals surface area contributed by atoms with Gasteiger partial charge in [0.1, 0.15) is 11.4 Å². The number of oxime groups is 1. The molecule has 10 heteroatoms. The largest absolute Gasteiger partial charge is 0.416 e. The van der Waals surface area contributed by atoms with Crippen LogP contribution in [0.4, 0.5) is 13.2 Å². The molecule has 2 rings (SSSR count). The fourth-order valence-electron chi connectivity index (χ4n) is 1.42. The summed E-state index contributed by atoms with van der Waals surface area (Å²) >= 11 is 11.6. The van der Waals surface area contributed by atoms with Gasteiger partial charge in [-0.2, -0.15) is 18.3 Å². The second-order valence-electron chi connectivity index (χ2n) is 3.59. The summed E-state index contributed by atoms with van der Waals surface area (Å²) in [6.45, 7) is 0. The predicted octanol–water partition coefficient (Wildman–Crippen LogP) is 3.40. The Labute approximate surface area is 120 Å². The summed E-state index contributed by atoms with van der Waals surface area (Å²) in [7, 11) is 0. The molecule has 0 aliphatic carbocycles. The maximum atomic E-state index is 12.6. The molecule has 0 aliphatic heterocycles. The molecule has 1 N–H and O–H groups in total. The highest BCUT2D eigenvalue weighted by Crippen LogP contribution is 2.36. The Balaban J connectivity index is 2.52. The van der Waals surface area contributed by atoms with Crippen molar-refractivity contribution in [3.05, 3.63) is 39.6 Å². The number of rotatable bonds is 2. The Kier molecular flexibility index (Phi) is 3.87. The Morgan fingerprint density at radius 1 is 1.25 bits per heavy atom.